The van der Waals surface area contributed by atoms with E-state index in [1.807, 2.05) is 43.3 Å². The summed E-state index contributed by atoms with van der Waals surface area (Å²) in [6.45, 7) is 7.63. The molecule has 0 aliphatic rings. The number of anilines is 1. The average Bonchev–Trinajstić information content (AvgIpc) is 2.91. The van der Waals surface area contributed by atoms with E-state index in [1.165, 1.54) is 0 Å². The Morgan fingerprint density at radius 1 is 1.04 bits per heavy atom. The Bertz CT molecular complexity index is 1050. The van der Waals surface area contributed by atoms with Crippen LogP contribution in [0.1, 0.15) is 19.5 Å². The van der Waals surface area contributed by atoms with E-state index in [0.717, 1.165) is 24.5 Å². The highest BCUT2D eigenvalue weighted by molar-refractivity contribution is 5.61. The first-order valence-electron chi connectivity index (χ1n) is 9.31. The van der Waals surface area contributed by atoms with E-state index in [2.05, 4.69) is 29.0 Å². The maximum atomic E-state index is 12.9. The van der Waals surface area contributed by atoms with E-state index in [1.54, 1.807) is 28.5 Å². The van der Waals surface area contributed by atoms with E-state index < -0.39 is 0 Å². The van der Waals surface area contributed by atoms with Crippen LogP contribution < -0.4 is 10.5 Å². The molecule has 1 aromatic heterocycles. The summed E-state index contributed by atoms with van der Waals surface area (Å²) in [5, 5.41) is 18.6. The Morgan fingerprint density at radius 3 is 2.32 bits per heavy atom. The van der Waals surface area contributed by atoms with Crippen LogP contribution in [0.25, 0.3) is 5.69 Å². The lowest BCUT2D eigenvalue weighted by atomic mass is 10.2. The Hall–Kier alpha value is -3.35. The molecular weight excluding hydrogens is 354 g/mol. The second-order valence-corrected chi connectivity index (χ2v) is 6.46. The largest absolute Gasteiger partial charge is 0.506 e. The Kier molecular flexibility index (Phi) is 5.63. The molecule has 146 valence electrons. The lowest BCUT2D eigenvalue weighted by Crippen LogP contribution is -2.21. The van der Waals surface area contributed by atoms with Gasteiger partial charge in [-0.3, -0.25) is 9.48 Å². The topological polar surface area (TPSA) is 75.1 Å². The summed E-state index contributed by atoms with van der Waals surface area (Å²) in [6, 6.07) is 14.6. The van der Waals surface area contributed by atoms with Gasteiger partial charge in [-0.2, -0.15) is 0 Å². The van der Waals surface area contributed by atoms with Gasteiger partial charge in [-0.05, 0) is 45.0 Å². The molecule has 1 heterocycles. The molecule has 7 heteroatoms. The van der Waals surface area contributed by atoms with Crippen molar-refractivity contribution in [3.05, 3.63) is 64.6 Å². The van der Waals surface area contributed by atoms with Gasteiger partial charge in [0.15, 0.2) is 5.69 Å². The Morgan fingerprint density at radius 2 is 1.71 bits per heavy atom. The maximum Gasteiger partial charge on any atom is 0.299 e. The van der Waals surface area contributed by atoms with Crippen LogP contribution in [0, 0.1) is 6.92 Å². The molecule has 28 heavy (non-hydrogen) atoms. The molecule has 0 spiro atoms. The number of benzene rings is 2. The SMILES string of the molecule is CCN(CC)c1ccc(N=Nc2c(C)n(C)n(-c3ccccc3)c2=O)c(O)c1. The average molecular weight is 379 g/mol. The highest BCUT2D eigenvalue weighted by atomic mass is 16.3. The molecule has 3 rings (SSSR count). The zero-order valence-electron chi connectivity index (χ0n) is 16.6. The molecule has 3 aromatic rings. The number of hydrogen-bond acceptors (Lipinski definition) is 5. The van der Waals surface area contributed by atoms with Crippen molar-refractivity contribution in [2.75, 3.05) is 18.0 Å². The molecule has 0 unspecified atom stereocenters. The molecule has 0 aliphatic carbocycles. The molecule has 2 aromatic carbocycles. The van der Waals surface area contributed by atoms with E-state index >= 15 is 0 Å². The lowest BCUT2D eigenvalue weighted by molar-refractivity contribution is 0.476. The number of azo groups is 1. The number of para-hydroxylation sites is 1. The molecule has 0 saturated heterocycles. The molecule has 0 bridgehead atoms. The molecule has 0 fully saturated rings. The smallest absolute Gasteiger partial charge is 0.299 e. The zero-order valence-corrected chi connectivity index (χ0v) is 16.6. The van der Waals surface area contributed by atoms with Gasteiger partial charge in [0.25, 0.3) is 5.56 Å². The second kappa shape index (κ2) is 8.12. The fourth-order valence-corrected chi connectivity index (χ4v) is 3.16. The van der Waals surface area contributed by atoms with Gasteiger partial charge in [0.2, 0.25) is 0 Å². The van der Waals surface area contributed by atoms with Crippen molar-refractivity contribution in [2.45, 2.75) is 20.8 Å². The molecule has 0 amide bonds. The summed E-state index contributed by atoms with van der Waals surface area (Å²) in [5.74, 6) is 0.0325. The van der Waals surface area contributed by atoms with Crippen LogP contribution in [0.3, 0.4) is 0 Å². The number of aromatic hydroxyl groups is 1. The minimum atomic E-state index is -0.255. The van der Waals surface area contributed by atoms with Crippen molar-refractivity contribution in [3.8, 4) is 11.4 Å². The van der Waals surface area contributed by atoms with Crippen LogP contribution in [0.15, 0.2) is 63.6 Å². The fourth-order valence-electron chi connectivity index (χ4n) is 3.16. The summed E-state index contributed by atoms with van der Waals surface area (Å²) in [5.41, 5.74) is 2.68. The number of hydrogen-bond donors (Lipinski definition) is 1. The predicted molar refractivity (Wildman–Crippen MR) is 112 cm³/mol. The van der Waals surface area contributed by atoms with Crippen molar-refractivity contribution in [1.82, 2.24) is 9.36 Å². The van der Waals surface area contributed by atoms with Crippen molar-refractivity contribution in [2.24, 2.45) is 17.3 Å². The molecule has 1 N–H and O–H groups in total. The summed E-state index contributed by atoms with van der Waals surface area (Å²) in [7, 11) is 1.80. The third kappa shape index (κ3) is 3.55. The second-order valence-electron chi connectivity index (χ2n) is 6.46. The van der Waals surface area contributed by atoms with Crippen molar-refractivity contribution in [3.63, 3.8) is 0 Å². The standard InChI is InChI=1S/C21H25N5O2/c1-5-25(6-2)17-12-13-18(19(27)14-17)22-23-20-15(3)24(4)26(21(20)28)16-10-8-7-9-11-16/h7-14,27H,5-6H2,1-4H3. The first-order valence-corrected chi connectivity index (χ1v) is 9.31. The van der Waals surface area contributed by atoms with Crippen molar-refractivity contribution >= 4 is 17.1 Å². The number of rotatable bonds is 6. The summed E-state index contributed by atoms with van der Waals surface area (Å²) in [4.78, 5) is 15.0. The molecule has 0 aliphatic heterocycles. The van der Waals surface area contributed by atoms with Crippen LogP contribution in [0.2, 0.25) is 0 Å². The van der Waals surface area contributed by atoms with Crippen molar-refractivity contribution < 1.29 is 5.11 Å². The normalized spacial score (nSPS) is 11.3. The minimum absolute atomic E-state index is 0.0325. The Labute approximate surface area is 164 Å². The Balaban J connectivity index is 1.97. The molecule has 7 nitrogen and oxygen atoms in total. The van der Waals surface area contributed by atoms with Gasteiger partial charge in [0, 0.05) is 31.9 Å². The van der Waals surface area contributed by atoms with Gasteiger partial charge in [-0.25, -0.2) is 4.68 Å². The highest BCUT2D eigenvalue weighted by Crippen LogP contribution is 2.32. The molecule has 0 radical (unpaired) electrons. The quantitative estimate of drug-likeness (QED) is 0.643. The van der Waals surface area contributed by atoms with Gasteiger partial charge < -0.3 is 10.0 Å². The van der Waals surface area contributed by atoms with E-state index in [4.69, 9.17) is 0 Å². The van der Waals surface area contributed by atoms with Crippen LogP contribution in [-0.2, 0) is 7.05 Å². The third-order valence-corrected chi connectivity index (χ3v) is 4.87. The number of aromatic nitrogens is 2. The monoisotopic (exact) mass is 379 g/mol. The number of phenols is 1. The van der Waals surface area contributed by atoms with Crippen LogP contribution in [0.5, 0.6) is 5.75 Å². The van der Waals surface area contributed by atoms with Gasteiger partial charge in [-0.15, -0.1) is 10.2 Å². The summed E-state index contributed by atoms with van der Waals surface area (Å²) < 4.78 is 3.29. The molecule has 0 atom stereocenters. The predicted octanol–water partition coefficient (Wildman–Crippen LogP) is 4.45. The minimum Gasteiger partial charge on any atom is -0.506 e. The van der Waals surface area contributed by atoms with E-state index in [0.29, 0.717) is 11.4 Å². The number of phenolic OH excluding ortho intramolecular Hbond substituents is 1. The van der Waals surface area contributed by atoms with Crippen LogP contribution >= 0.6 is 0 Å². The lowest BCUT2D eigenvalue weighted by Gasteiger charge is -2.21. The van der Waals surface area contributed by atoms with E-state index in [9.17, 15) is 9.90 Å². The van der Waals surface area contributed by atoms with Crippen LogP contribution in [0.4, 0.5) is 17.1 Å². The van der Waals surface area contributed by atoms with Gasteiger partial charge >= 0.3 is 0 Å². The van der Waals surface area contributed by atoms with Gasteiger partial charge in [-0.1, -0.05) is 18.2 Å². The van der Waals surface area contributed by atoms with Crippen molar-refractivity contribution in [1.29, 1.82) is 0 Å². The first kappa shape index (κ1) is 19.4. The summed E-state index contributed by atoms with van der Waals surface area (Å²) in [6.07, 6.45) is 0. The van der Waals surface area contributed by atoms with Gasteiger partial charge in [0.1, 0.15) is 11.4 Å². The van der Waals surface area contributed by atoms with Crippen LogP contribution in [-0.4, -0.2) is 27.6 Å². The van der Waals surface area contributed by atoms with E-state index in [-0.39, 0.29) is 17.0 Å². The third-order valence-electron chi connectivity index (χ3n) is 4.87. The number of nitrogens with zero attached hydrogens (tertiary/aromatic N) is 5. The van der Waals surface area contributed by atoms with Gasteiger partial charge in [0.05, 0.1) is 11.4 Å². The molecular formula is C21H25N5O2. The zero-order chi connectivity index (χ0) is 20.3. The first-order chi connectivity index (χ1) is 13.5. The maximum absolute atomic E-state index is 12.9. The highest BCUT2D eigenvalue weighted by Gasteiger charge is 2.16. The summed E-state index contributed by atoms with van der Waals surface area (Å²) >= 11 is 0. The fraction of sp³-hybridized carbons (Fsp3) is 0.286. The molecule has 0 saturated carbocycles.